The van der Waals surface area contributed by atoms with Gasteiger partial charge in [-0.05, 0) is 49.8 Å². The molecular weight excluding hydrogens is 408 g/mol. The van der Waals surface area contributed by atoms with Gasteiger partial charge in [-0.1, -0.05) is 24.3 Å². The quantitative estimate of drug-likeness (QED) is 0.726. The molecule has 0 spiro atoms. The number of piperazine rings is 1. The Morgan fingerprint density at radius 3 is 2.26 bits per heavy atom. The zero-order valence-electron chi connectivity index (χ0n) is 18.2. The van der Waals surface area contributed by atoms with Gasteiger partial charge in [0.05, 0.1) is 6.04 Å². The minimum atomic E-state index is -0.473. The first-order valence-electron chi connectivity index (χ1n) is 11.3. The van der Waals surface area contributed by atoms with Crippen molar-refractivity contribution in [2.24, 2.45) is 0 Å². The molecule has 2 aliphatic heterocycles. The van der Waals surface area contributed by atoms with Gasteiger partial charge in [0.1, 0.15) is 0 Å². The van der Waals surface area contributed by atoms with Gasteiger partial charge in [0.25, 0.3) is 0 Å². The van der Waals surface area contributed by atoms with Crippen molar-refractivity contribution in [3.05, 3.63) is 52.7 Å². The topological polar surface area (TPSA) is 55.9 Å². The van der Waals surface area contributed by atoms with Gasteiger partial charge in [-0.25, -0.2) is 0 Å². The van der Waals surface area contributed by atoms with E-state index in [-0.39, 0.29) is 18.0 Å². The molecule has 0 radical (unpaired) electrons. The second kappa shape index (κ2) is 10.3. The third kappa shape index (κ3) is 5.28. The van der Waals surface area contributed by atoms with Crippen molar-refractivity contribution in [3.63, 3.8) is 0 Å². The van der Waals surface area contributed by atoms with Crippen molar-refractivity contribution >= 4 is 28.8 Å². The lowest BCUT2D eigenvalue weighted by Crippen LogP contribution is -2.54. The van der Waals surface area contributed by atoms with Crippen molar-refractivity contribution in [3.8, 4) is 0 Å². The van der Waals surface area contributed by atoms with Crippen LogP contribution in [0.4, 0.5) is 5.69 Å². The standard InChI is InChI=1S/C24H32N4O2S/c1-19(25-23(29)24(30)28-12-6-3-7-13-28)22(21-11-8-18-31-21)27-16-14-26(15-17-27)20-9-4-2-5-10-20/h2,4-5,8-11,18-19,22H,3,6-7,12-17H2,1H3,(H,25,29)/t19-,22+/m0/s1. The van der Waals surface area contributed by atoms with Gasteiger partial charge in [0.2, 0.25) is 0 Å². The maximum absolute atomic E-state index is 12.7. The lowest BCUT2D eigenvalue weighted by molar-refractivity contribution is -0.147. The van der Waals surface area contributed by atoms with Gasteiger partial charge >= 0.3 is 11.8 Å². The van der Waals surface area contributed by atoms with E-state index in [1.165, 1.54) is 10.6 Å². The summed E-state index contributed by atoms with van der Waals surface area (Å²) in [4.78, 5) is 33.1. The lowest BCUT2D eigenvalue weighted by atomic mass is 10.0. The predicted molar refractivity (Wildman–Crippen MR) is 125 cm³/mol. The number of hydrogen-bond donors (Lipinski definition) is 1. The molecular formula is C24H32N4O2S. The highest BCUT2D eigenvalue weighted by Crippen LogP contribution is 2.30. The summed E-state index contributed by atoms with van der Waals surface area (Å²) in [5.41, 5.74) is 1.25. The number of thiophene rings is 1. The second-order valence-corrected chi connectivity index (χ2v) is 9.41. The number of carbonyl (C=O) groups excluding carboxylic acids is 2. The van der Waals surface area contributed by atoms with Crippen LogP contribution in [0.5, 0.6) is 0 Å². The molecule has 0 aliphatic carbocycles. The Morgan fingerprint density at radius 1 is 0.903 bits per heavy atom. The number of amides is 2. The number of piperidine rings is 1. The first-order valence-corrected chi connectivity index (χ1v) is 12.2. The summed E-state index contributed by atoms with van der Waals surface area (Å²) in [5, 5.41) is 5.11. The van der Waals surface area contributed by atoms with Gasteiger partial charge < -0.3 is 15.1 Å². The molecule has 0 unspecified atom stereocenters. The number of nitrogens with one attached hydrogen (secondary N) is 1. The zero-order valence-corrected chi connectivity index (χ0v) is 19.0. The Kier molecular flexibility index (Phi) is 7.25. The van der Waals surface area contributed by atoms with Crippen LogP contribution in [-0.4, -0.2) is 66.9 Å². The largest absolute Gasteiger partial charge is 0.369 e. The maximum Gasteiger partial charge on any atom is 0.311 e. The van der Waals surface area contributed by atoms with Crippen LogP contribution in [0.15, 0.2) is 47.8 Å². The van der Waals surface area contributed by atoms with Crippen LogP contribution in [-0.2, 0) is 9.59 Å². The zero-order chi connectivity index (χ0) is 21.6. The Balaban J connectivity index is 1.41. The molecule has 2 saturated heterocycles. The summed E-state index contributed by atoms with van der Waals surface area (Å²) >= 11 is 1.71. The molecule has 7 heteroatoms. The Morgan fingerprint density at radius 2 is 1.61 bits per heavy atom. The van der Waals surface area contributed by atoms with E-state index in [2.05, 4.69) is 56.9 Å². The normalized spacial score (nSPS) is 19.6. The van der Waals surface area contributed by atoms with Crippen LogP contribution in [0.1, 0.15) is 37.1 Å². The van der Waals surface area contributed by atoms with Crippen molar-refractivity contribution in [2.45, 2.75) is 38.3 Å². The molecule has 2 amide bonds. The fourth-order valence-corrected chi connectivity index (χ4v) is 5.65. The van der Waals surface area contributed by atoms with Crippen molar-refractivity contribution in [2.75, 3.05) is 44.2 Å². The van der Waals surface area contributed by atoms with E-state index in [0.717, 1.165) is 45.4 Å². The highest BCUT2D eigenvalue weighted by molar-refractivity contribution is 7.10. The molecule has 1 N–H and O–H groups in total. The average molecular weight is 441 g/mol. The molecule has 166 valence electrons. The maximum atomic E-state index is 12.7. The molecule has 1 aromatic carbocycles. The van der Waals surface area contributed by atoms with E-state index in [1.807, 2.05) is 13.0 Å². The van der Waals surface area contributed by atoms with E-state index in [9.17, 15) is 9.59 Å². The van der Waals surface area contributed by atoms with E-state index in [0.29, 0.717) is 13.1 Å². The molecule has 3 heterocycles. The van der Waals surface area contributed by atoms with E-state index < -0.39 is 5.91 Å². The summed E-state index contributed by atoms with van der Waals surface area (Å²) in [6.45, 7) is 7.12. The molecule has 0 saturated carbocycles. The van der Waals surface area contributed by atoms with E-state index >= 15 is 0 Å². The molecule has 6 nitrogen and oxygen atoms in total. The second-order valence-electron chi connectivity index (χ2n) is 8.43. The number of hydrogen-bond acceptors (Lipinski definition) is 5. The summed E-state index contributed by atoms with van der Waals surface area (Å²) in [5.74, 6) is -0.857. The summed E-state index contributed by atoms with van der Waals surface area (Å²) in [6.07, 6.45) is 3.10. The van der Waals surface area contributed by atoms with Gasteiger partial charge in [0, 0.05) is 55.9 Å². The van der Waals surface area contributed by atoms with E-state index in [1.54, 1.807) is 16.2 Å². The third-order valence-corrected chi connectivity index (χ3v) is 7.28. The molecule has 0 bridgehead atoms. The summed E-state index contributed by atoms with van der Waals surface area (Å²) < 4.78 is 0. The van der Waals surface area contributed by atoms with Gasteiger partial charge in [-0.2, -0.15) is 0 Å². The number of likely N-dealkylation sites (tertiary alicyclic amines) is 1. The van der Waals surface area contributed by atoms with Crippen molar-refractivity contribution in [1.29, 1.82) is 0 Å². The highest BCUT2D eigenvalue weighted by Gasteiger charge is 2.33. The SMILES string of the molecule is C[C@H](NC(=O)C(=O)N1CCCCC1)[C@H](c1cccs1)N1CCN(c2ccccc2)CC1. The molecule has 2 aliphatic rings. The lowest BCUT2D eigenvalue weighted by Gasteiger charge is -2.42. The first-order chi connectivity index (χ1) is 15.1. The van der Waals surface area contributed by atoms with Crippen LogP contribution in [0.2, 0.25) is 0 Å². The van der Waals surface area contributed by atoms with Gasteiger partial charge in [0.15, 0.2) is 0 Å². The van der Waals surface area contributed by atoms with Gasteiger partial charge in [-0.3, -0.25) is 14.5 Å². The number of rotatable bonds is 5. The monoisotopic (exact) mass is 440 g/mol. The Bertz CT molecular complexity index is 844. The predicted octanol–water partition coefficient (Wildman–Crippen LogP) is 3.13. The Labute approximate surface area is 188 Å². The fourth-order valence-electron chi connectivity index (χ4n) is 4.69. The number of anilines is 1. The fraction of sp³-hybridized carbons (Fsp3) is 0.500. The van der Waals surface area contributed by atoms with Crippen LogP contribution in [0.25, 0.3) is 0 Å². The number of carbonyl (C=O) groups is 2. The highest BCUT2D eigenvalue weighted by atomic mass is 32.1. The van der Waals surface area contributed by atoms with Crippen LogP contribution in [0.3, 0.4) is 0 Å². The molecule has 2 atom stereocenters. The molecule has 4 rings (SSSR count). The van der Waals surface area contributed by atoms with Crippen LogP contribution < -0.4 is 10.2 Å². The van der Waals surface area contributed by atoms with E-state index in [4.69, 9.17) is 0 Å². The molecule has 1 aromatic heterocycles. The molecule has 2 fully saturated rings. The number of benzene rings is 1. The minimum absolute atomic E-state index is 0.0658. The average Bonchev–Trinajstić information content (AvgIpc) is 3.34. The number of para-hydroxylation sites is 1. The van der Waals surface area contributed by atoms with Crippen LogP contribution >= 0.6 is 11.3 Å². The van der Waals surface area contributed by atoms with Crippen molar-refractivity contribution < 1.29 is 9.59 Å². The minimum Gasteiger partial charge on any atom is -0.369 e. The Hall–Kier alpha value is -2.38. The third-order valence-electron chi connectivity index (χ3n) is 6.33. The first kappa shape index (κ1) is 21.8. The van der Waals surface area contributed by atoms with Crippen LogP contribution in [0, 0.1) is 0 Å². The van der Waals surface area contributed by atoms with Gasteiger partial charge in [-0.15, -0.1) is 11.3 Å². The smallest absolute Gasteiger partial charge is 0.311 e. The van der Waals surface area contributed by atoms with Crippen molar-refractivity contribution in [1.82, 2.24) is 15.1 Å². The molecule has 31 heavy (non-hydrogen) atoms. The summed E-state index contributed by atoms with van der Waals surface area (Å²) in [6, 6.07) is 14.6. The number of nitrogens with zero attached hydrogens (tertiary/aromatic N) is 3. The summed E-state index contributed by atoms with van der Waals surface area (Å²) in [7, 11) is 0. The molecule has 2 aromatic rings.